The first-order chi connectivity index (χ1) is 9.06. The van der Waals surface area contributed by atoms with E-state index < -0.39 is 4.92 Å². The van der Waals surface area contributed by atoms with Gasteiger partial charge in [0.15, 0.2) is 0 Å². The zero-order chi connectivity index (χ0) is 13.8. The molecule has 1 aromatic carbocycles. The predicted octanol–water partition coefficient (Wildman–Crippen LogP) is 3.67. The fourth-order valence-corrected chi connectivity index (χ4v) is 2.19. The van der Waals surface area contributed by atoms with Crippen molar-refractivity contribution in [3.63, 3.8) is 0 Å². The normalized spacial score (nSPS) is 10.2. The van der Waals surface area contributed by atoms with Crippen molar-refractivity contribution in [3.8, 4) is 0 Å². The van der Waals surface area contributed by atoms with Crippen molar-refractivity contribution < 1.29 is 4.92 Å². The largest absolute Gasteiger partial charge is 0.365 e. The number of hydrogen-bond acceptors (Lipinski definition) is 4. The van der Waals surface area contributed by atoms with E-state index in [4.69, 9.17) is 0 Å². The summed E-state index contributed by atoms with van der Waals surface area (Å²) >= 11 is 3.44. The number of hydrogen-bond donors (Lipinski definition) is 1. The van der Waals surface area contributed by atoms with Gasteiger partial charge in [0, 0.05) is 24.9 Å². The van der Waals surface area contributed by atoms with Gasteiger partial charge in [0.2, 0.25) is 0 Å². The Kier molecular flexibility index (Phi) is 4.11. The van der Waals surface area contributed by atoms with Gasteiger partial charge in [-0.3, -0.25) is 10.1 Å². The maximum absolute atomic E-state index is 10.5. The summed E-state index contributed by atoms with van der Waals surface area (Å²) in [5.41, 5.74) is 2.13. The first-order valence-corrected chi connectivity index (χ1v) is 6.45. The van der Waals surface area contributed by atoms with E-state index in [9.17, 15) is 10.1 Å². The minimum absolute atomic E-state index is 0.0957. The number of anilines is 1. The van der Waals surface area contributed by atoms with Crippen molar-refractivity contribution in [1.29, 1.82) is 0 Å². The number of halogens is 1. The zero-order valence-corrected chi connectivity index (χ0v) is 11.8. The number of nitrogens with zero attached hydrogens (tertiary/aromatic N) is 2. The summed E-state index contributed by atoms with van der Waals surface area (Å²) in [4.78, 5) is 14.4. The standard InChI is InChI=1S/C13H12BrN3O2/c1-9-6-12(14)13(15-7-9)16-8-10-2-4-11(5-3-10)17(18)19/h2-7H,8H2,1H3,(H,15,16). The summed E-state index contributed by atoms with van der Waals surface area (Å²) in [5.74, 6) is 0.754. The molecule has 98 valence electrons. The molecular formula is C13H12BrN3O2. The van der Waals surface area contributed by atoms with E-state index in [0.29, 0.717) is 6.54 Å². The van der Waals surface area contributed by atoms with Crippen LogP contribution in [0.5, 0.6) is 0 Å². The van der Waals surface area contributed by atoms with Gasteiger partial charge in [-0.15, -0.1) is 0 Å². The fraction of sp³-hybridized carbons (Fsp3) is 0.154. The Morgan fingerprint density at radius 3 is 2.63 bits per heavy atom. The molecule has 0 unspecified atom stereocenters. The first kappa shape index (κ1) is 13.5. The average Bonchev–Trinajstić information content (AvgIpc) is 2.38. The molecule has 1 heterocycles. The molecule has 1 aromatic heterocycles. The van der Waals surface area contributed by atoms with E-state index in [1.807, 2.05) is 13.0 Å². The van der Waals surface area contributed by atoms with Crippen molar-refractivity contribution >= 4 is 27.4 Å². The number of nitro benzene ring substituents is 1. The molecular weight excluding hydrogens is 310 g/mol. The highest BCUT2D eigenvalue weighted by Gasteiger charge is 2.05. The quantitative estimate of drug-likeness (QED) is 0.689. The highest BCUT2D eigenvalue weighted by Crippen LogP contribution is 2.21. The highest BCUT2D eigenvalue weighted by molar-refractivity contribution is 9.10. The molecule has 0 amide bonds. The number of aryl methyl sites for hydroxylation is 1. The molecule has 0 bridgehead atoms. The molecule has 2 aromatic rings. The van der Waals surface area contributed by atoms with Crippen molar-refractivity contribution in [2.75, 3.05) is 5.32 Å². The maximum atomic E-state index is 10.5. The molecule has 2 rings (SSSR count). The smallest absolute Gasteiger partial charge is 0.269 e. The average molecular weight is 322 g/mol. The lowest BCUT2D eigenvalue weighted by Gasteiger charge is -2.08. The molecule has 0 atom stereocenters. The van der Waals surface area contributed by atoms with Crippen LogP contribution in [0.15, 0.2) is 41.0 Å². The van der Waals surface area contributed by atoms with Crippen molar-refractivity contribution in [2.24, 2.45) is 0 Å². The van der Waals surface area contributed by atoms with E-state index in [0.717, 1.165) is 21.4 Å². The second-order valence-electron chi connectivity index (χ2n) is 4.12. The van der Waals surface area contributed by atoms with Crippen LogP contribution in [0.2, 0.25) is 0 Å². The number of non-ortho nitro benzene ring substituents is 1. The van der Waals surface area contributed by atoms with E-state index in [1.165, 1.54) is 12.1 Å². The minimum atomic E-state index is -0.407. The Labute approximate surface area is 119 Å². The molecule has 0 radical (unpaired) electrons. The van der Waals surface area contributed by atoms with E-state index >= 15 is 0 Å². The van der Waals surface area contributed by atoms with Crippen molar-refractivity contribution in [2.45, 2.75) is 13.5 Å². The zero-order valence-electron chi connectivity index (χ0n) is 10.3. The van der Waals surface area contributed by atoms with Crippen LogP contribution >= 0.6 is 15.9 Å². The summed E-state index contributed by atoms with van der Waals surface area (Å²) in [6, 6.07) is 8.43. The number of nitrogens with one attached hydrogen (secondary N) is 1. The lowest BCUT2D eigenvalue weighted by molar-refractivity contribution is -0.384. The van der Waals surface area contributed by atoms with Gasteiger partial charge in [-0.1, -0.05) is 12.1 Å². The number of pyridine rings is 1. The summed E-state index contributed by atoms with van der Waals surface area (Å²) < 4.78 is 0.898. The Balaban J connectivity index is 2.04. The molecule has 0 spiro atoms. The predicted molar refractivity (Wildman–Crippen MR) is 77.1 cm³/mol. The third-order valence-electron chi connectivity index (χ3n) is 2.59. The van der Waals surface area contributed by atoms with Gasteiger partial charge in [-0.2, -0.15) is 0 Å². The van der Waals surface area contributed by atoms with Crippen LogP contribution in [-0.4, -0.2) is 9.91 Å². The van der Waals surface area contributed by atoms with Crippen LogP contribution in [-0.2, 0) is 6.54 Å². The number of benzene rings is 1. The SMILES string of the molecule is Cc1cnc(NCc2ccc([N+](=O)[O-])cc2)c(Br)c1. The van der Waals surface area contributed by atoms with Gasteiger partial charge in [-0.05, 0) is 40.0 Å². The minimum Gasteiger partial charge on any atom is -0.365 e. The lowest BCUT2D eigenvalue weighted by atomic mass is 10.2. The monoisotopic (exact) mass is 321 g/mol. The van der Waals surface area contributed by atoms with E-state index in [2.05, 4.69) is 26.2 Å². The number of aromatic nitrogens is 1. The van der Waals surface area contributed by atoms with Gasteiger partial charge in [0.25, 0.3) is 5.69 Å². The first-order valence-electron chi connectivity index (χ1n) is 5.65. The lowest BCUT2D eigenvalue weighted by Crippen LogP contribution is -2.02. The van der Waals surface area contributed by atoms with Gasteiger partial charge < -0.3 is 5.32 Å². The van der Waals surface area contributed by atoms with Gasteiger partial charge in [0.05, 0.1) is 9.40 Å². The molecule has 0 saturated carbocycles. The van der Waals surface area contributed by atoms with E-state index in [1.54, 1.807) is 18.3 Å². The van der Waals surface area contributed by atoms with Crippen LogP contribution < -0.4 is 5.32 Å². The van der Waals surface area contributed by atoms with Crippen LogP contribution in [0.3, 0.4) is 0 Å². The molecule has 0 fully saturated rings. The topological polar surface area (TPSA) is 68.1 Å². The maximum Gasteiger partial charge on any atom is 0.269 e. The molecule has 0 aliphatic heterocycles. The van der Waals surface area contributed by atoms with Crippen LogP contribution in [0.1, 0.15) is 11.1 Å². The molecule has 1 N–H and O–H groups in total. The van der Waals surface area contributed by atoms with Crippen LogP contribution in [0, 0.1) is 17.0 Å². The molecule has 19 heavy (non-hydrogen) atoms. The Morgan fingerprint density at radius 2 is 2.05 bits per heavy atom. The highest BCUT2D eigenvalue weighted by atomic mass is 79.9. The molecule has 0 saturated heterocycles. The summed E-state index contributed by atoms with van der Waals surface area (Å²) in [7, 11) is 0. The molecule has 0 aliphatic carbocycles. The molecule has 5 nitrogen and oxygen atoms in total. The van der Waals surface area contributed by atoms with Crippen LogP contribution in [0.25, 0.3) is 0 Å². The van der Waals surface area contributed by atoms with Crippen molar-refractivity contribution in [1.82, 2.24) is 4.98 Å². The van der Waals surface area contributed by atoms with Gasteiger partial charge in [0.1, 0.15) is 5.82 Å². The Hall–Kier alpha value is -1.95. The molecule has 0 aliphatic rings. The Morgan fingerprint density at radius 1 is 1.37 bits per heavy atom. The number of nitro groups is 1. The van der Waals surface area contributed by atoms with Crippen LogP contribution in [0.4, 0.5) is 11.5 Å². The Bertz CT molecular complexity index is 599. The van der Waals surface area contributed by atoms with Gasteiger partial charge in [-0.25, -0.2) is 4.98 Å². The summed E-state index contributed by atoms with van der Waals surface area (Å²) in [6.07, 6.45) is 1.78. The summed E-state index contributed by atoms with van der Waals surface area (Å²) in [6.45, 7) is 2.53. The fourth-order valence-electron chi connectivity index (χ4n) is 1.58. The second kappa shape index (κ2) is 5.79. The second-order valence-corrected chi connectivity index (χ2v) is 4.97. The third-order valence-corrected chi connectivity index (χ3v) is 3.19. The summed E-state index contributed by atoms with van der Waals surface area (Å²) in [5, 5.41) is 13.7. The van der Waals surface area contributed by atoms with E-state index in [-0.39, 0.29) is 5.69 Å². The number of rotatable bonds is 4. The third kappa shape index (κ3) is 3.51. The molecule has 6 heteroatoms. The van der Waals surface area contributed by atoms with Gasteiger partial charge >= 0.3 is 0 Å². The van der Waals surface area contributed by atoms with Crippen molar-refractivity contribution in [3.05, 3.63) is 62.2 Å².